The fourth-order valence-electron chi connectivity index (χ4n) is 3.07. The number of hydrogen-bond donors (Lipinski definition) is 2. The van der Waals surface area contributed by atoms with Crippen molar-refractivity contribution in [2.45, 2.75) is 51.5 Å². The Morgan fingerprint density at radius 2 is 2.28 bits per heavy atom. The smallest absolute Gasteiger partial charge is 0.230 e. The lowest BCUT2D eigenvalue weighted by atomic mass is 9.80. The first-order valence-corrected chi connectivity index (χ1v) is 7.36. The summed E-state index contributed by atoms with van der Waals surface area (Å²) in [5.74, 6) is 0.327. The van der Waals surface area contributed by atoms with Crippen molar-refractivity contribution >= 4 is 5.91 Å². The molecule has 1 saturated heterocycles. The Balaban J connectivity index is 2.05. The van der Waals surface area contributed by atoms with Crippen LogP contribution in [0.5, 0.6) is 0 Å². The summed E-state index contributed by atoms with van der Waals surface area (Å²) in [6.07, 6.45) is 6.11. The number of carbonyl (C=O) groups excluding carboxylic acids is 1. The van der Waals surface area contributed by atoms with E-state index in [9.17, 15) is 4.79 Å². The van der Waals surface area contributed by atoms with Gasteiger partial charge in [0.1, 0.15) is 0 Å². The average Bonchev–Trinajstić information content (AvgIpc) is 2.81. The molecular weight excluding hydrogens is 228 g/mol. The minimum absolute atomic E-state index is 0.174. The molecule has 1 aliphatic carbocycles. The second-order valence-corrected chi connectivity index (χ2v) is 5.72. The molecule has 4 heteroatoms. The first kappa shape index (κ1) is 13.8. The molecule has 0 spiro atoms. The van der Waals surface area contributed by atoms with Crippen LogP contribution in [0.2, 0.25) is 0 Å². The zero-order valence-corrected chi connectivity index (χ0v) is 11.5. The first-order valence-electron chi connectivity index (χ1n) is 7.36. The summed E-state index contributed by atoms with van der Waals surface area (Å²) in [7, 11) is 0. The number of hydrogen-bond acceptors (Lipinski definition) is 3. The maximum atomic E-state index is 12.8. The molecule has 1 aliphatic heterocycles. The lowest BCUT2D eigenvalue weighted by Gasteiger charge is -2.42. The standard InChI is InChI=1S/C14H26N2O2/c1-2-14(7-8-15-11-14)13(18)16(9-4-10-17)12-5-3-6-12/h12,15,17H,2-11H2,1H3. The lowest BCUT2D eigenvalue weighted by molar-refractivity contribution is -0.145. The van der Waals surface area contributed by atoms with E-state index in [1.165, 1.54) is 6.42 Å². The maximum absolute atomic E-state index is 12.8. The van der Waals surface area contributed by atoms with Gasteiger partial charge in [0.2, 0.25) is 5.91 Å². The zero-order valence-electron chi connectivity index (χ0n) is 11.5. The molecule has 4 nitrogen and oxygen atoms in total. The predicted octanol–water partition coefficient (Wildman–Crippen LogP) is 1.14. The van der Waals surface area contributed by atoms with Gasteiger partial charge in [0.25, 0.3) is 0 Å². The third-order valence-electron chi connectivity index (χ3n) is 4.71. The van der Waals surface area contributed by atoms with Crippen LogP contribution in [0.25, 0.3) is 0 Å². The number of aliphatic hydroxyl groups is 1. The van der Waals surface area contributed by atoms with Crippen LogP contribution in [-0.4, -0.2) is 48.2 Å². The van der Waals surface area contributed by atoms with Gasteiger partial charge < -0.3 is 15.3 Å². The van der Waals surface area contributed by atoms with Crippen LogP contribution in [0.4, 0.5) is 0 Å². The molecule has 1 unspecified atom stereocenters. The Kier molecular flexibility index (Phi) is 4.62. The number of amides is 1. The van der Waals surface area contributed by atoms with Gasteiger partial charge in [0, 0.05) is 25.7 Å². The quantitative estimate of drug-likeness (QED) is 0.747. The molecule has 1 saturated carbocycles. The van der Waals surface area contributed by atoms with Gasteiger partial charge in [-0.3, -0.25) is 4.79 Å². The Labute approximate surface area is 110 Å². The molecule has 1 amide bonds. The second-order valence-electron chi connectivity index (χ2n) is 5.72. The topological polar surface area (TPSA) is 52.6 Å². The summed E-state index contributed by atoms with van der Waals surface area (Å²) in [4.78, 5) is 14.9. The van der Waals surface area contributed by atoms with Crippen LogP contribution in [0.3, 0.4) is 0 Å². The number of nitrogens with zero attached hydrogens (tertiary/aromatic N) is 1. The van der Waals surface area contributed by atoms with E-state index in [-0.39, 0.29) is 12.0 Å². The highest BCUT2D eigenvalue weighted by atomic mass is 16.3. The number of nitrogens with one attached hydrogen (secondary N) is 1. The highest BCUT2D eigenvalue weighted by Gasteiger charge is 2.44. The Hall–Kier alpha value is -0.610. The SMILES string of the molecule is CCC1(C(=O)N(CCCO)C2CCC2)CCNC1. The van der Waals surface area contributed by atoms with Crippen LogP contribution < -0.4 is 5.32 Å². The van der Waals surface area contributed by atoms with E-state index < -0.39 is 0 Å². The van der Waals surface area contributed by atoms with Crippen LogP contribution in [0.15, 0.2) is 0 Å². The van der Waals surface area contributed by atoms with Gasteiger partial charge in [-0.1, -0.05) is 6.92 Å². The first-order chi connectivity index (χ1) is 8.73. The van der Waals surface area contributed by atoms with Crippen LogP contribution in [0, 0.1) is 5.41 Å². The molecule has 2 aliphatic rings. The minimum atomic E-state index is -0.176. The third kappa shape index (κ3) is 2.54. The molecule has 104 valence electrons. The van der Waals surface area contributed by atoms with Gasteiger partial charge in [-0.05, 0) is 45.1 Å². The Morgan fingerprint density at radius 3 is 2.72 bits per heavy atom. The van der Waals surface area contributed by atoms with Gasteiger partial charge in [0.05, 0.1) is 5.41 Å². The number of aliphatic hydroxyl groups excluding tert-OH is 1. The molecule has 1 atom stereocenters. The van der Waals surface area contributed by atoms with Crippen molar-refractivity contribution in [2.75, 3.05) is 26.2 Å². The lowest BCUT2D eigenvalue weighted by Crippen LogP contribution is -2.52. The molecule has 2 N–H and O–H groups in total. The molecule has 0 aromatic carbocycles. The van der Waals surface area contributed by atoms with Crippen LogP contribution in [0.1, 0.15) is 45.4 Å². The second kappa shape index (κ2) is 6.02. The summed E-state index contributed by atoms with van der Waals surface area (Å²) in [6, 6.07) is 0.438. The summed E-state index contributed by atoms with van der Waals surface area (Å²) in [5, 5.41) is 12.3. The third-order valence-corrected chi connectivity index (χ3v) is 4.71. The Bertz CT molecular complexity index is 284. The van der Waals surface area contributed by atoms with E-state index in [0.717, 1.165) is 45.3 Å². The highest BCUT2D eigenvalue weighted by molar-refractivity contribution is 5.83. The molecule has 0 aromatic heterocycles. The van der Waals surface area contributed by atoms with E-state index in [2.05, 4.69) is 17.1 Å². The van der Waals surface area contributed by atoms with Gasteiger partial charge in [-0.15, -0.1) is 0 Å². The largest absolute Gasteiger partial charge is 0.396 e. The van der Waals surface area contributed by atoms with E-state index in [1.54, 1.807) is 0 Å². The van der Waals surface area contributed by atoms with Crippen molar-refractivity contribution in [1.82, 2.24) is 10.2 Å². The average molecular weight is 254 g/mol. The van der Waals surface area contributed by atoms with Crippen LogP contribution >= 0.6 is 0 Å². The molecule has 1 heterocycles. The monoisotopic (exact) mass is 254 g/mol. The molecule has 2 rings (SSSR count). The number of rotatable bonds is 6. The van der Waals surface area contributed by atoms with Crippen LogP contribution in [-0.2, 0) is 4.79 Å². The van der Waals surface area contributed by atoms with E-state index in [1.807, 2.05) is 0 Å². The van der Waals surface area contributed by atoms with Crippen molar-refractivity contribution in [3.8, 4) is 0 Å². The van der Waals surface area contributed by atoms with E-state index >= 15 is 0 Å². The molecule has 0 aromatic rings. The summed E-state index contributed by atoms with van der Waals surface area (Å²) in [5.41, 5.74) is -0.176. The summed E-state index contributed by atoms with van der Waals surface area (Å²) in [6.45, 7) is 4.80. The normalized spacial score (nSPS) is 28.1. The van der Waals surface area contributed by atoms with E-state index in [4.69, 9.17) is 5.11 Å². The minimum Gasteiger partial charge on any atom is -0.396 e. The molecule has 2 fully saturated rings. The predicted molar refractivity (Wildman–Crippen MR) is 71.3 cm³/mol. The molecule has 0 radical (unpaired) electrons. The number of carbonyl (C=O) groups is 1. The van der Waals surface area contributed by atoms with Gasteiger partial charge in [-0.25, -0.2) is 0 Å². The van der Waals surface area contributed by atoms with Gasteiger partial charge >= 0.3 is 0 Å². The Morgan fingerprint density at radius 1 is 1.50 bits per heavy atom. The summed E-state index contributed by atoms with van der Waals surface area (Å²) < 4.78 is 0. The van der Waals surface area contributed by atoms with Gasteiger partial charge in [0.15, 0.2) is 0 Å². The zero-order chi connectivity index (χ0) is 13.0. The molecule has 0 bridgehead atoms. The van der Waals surface area contributed by atoms with Crippen molar-refractivity contribution in [3.63, 3.8) is 0 Å². The fraction of sp³-hybridized carbons (Fsp3) is 0.929. The fourth-order valence-corrected chi connectivity index (χ4v) is 3.07. The van der Waals surface area contributed by atoms with Crippen molar-refractivity contribution in [1.29, 1.82) is 0 Å². The maximum Gasteiger partial charge on any atom is 0.230 e. The van der Waals surface area contributed by atoms with Crippen molar-refractivity contribution < 1.29 is 9.90 Å². The molecular formula is C14H26N2O2. The van der Waals surface area contributed by atoms with Crippen molar-refractivity contribution in [3.05, 3.63) is 0 Å². The summed E-state index contributed by atoms with van der Waals surface area (Å²) >= 11 is 0. The highest BCUT2D eigenvalue weighted by Crippen LogP contribution is 2.35. The van der Waals surface area contributed by atoms with Crippen molar-refractivity contribution in [2.24, 2.45) is 5.41 Å². The van der Waals surface area contributed by atoms with Gasteiger partial charge in [-0.2, -0.15) is 0 Å². The molecule has 18 heavy (non-hydrogen) atoms. The van der Waals surface area contributed by atoms with E-state index in [0.29, 0.717) is 18.4 Å².